The summed E-state index contributed by atoms with van der Waals surface area (Å²) in [6, 6.07) is 31.8. The molecule has 0 saturated heterocycles. The van der Waals surface area contributed by atoms with Crippen molar-refractivity contribution in [2.24, 2.45) is 0 Å². The maximum absolute atomic E-state index is 2.48. The van der Waals surface area contributed by atoms with Crippen molar-refractivity contribution >= 4 is 21.5 Å². The molecule has 0 amide bonds. The Morgan fingerprint density at radius 3 is 1.93 bits per heavy atom. The SMILES string of the molecule is c1ccc2cc3c(cc2c1)Cc1cc2c(cc1-3)Cc1ccc3ccccc3c1-2. The Labute approximate surface area is 164 Å². The second kappa shape index (κ2) is 5.11. The first-order valence-corrected chi connectivity index (χ1v) is 10.0. The lowest BCUT2D eigenvalue weighted by Crippen LogP contribution is -1.86. The van der Waals surface area contributed by atoms with Gasteiger partial charge in [0.2, 0.25) is 0 Å². The molecule has 2 aliphatic rings. The van der Waals surface area contributed by atoms with Gasteiger partial charge in [-0.15, -0.1) is 0 Å². The third-order valence-electron chi connectivity index (χ3n) is 6.64. The van der Waals surface area contributed by atoms with Gasteiger partial charge in [0.25, 0.3) is 0 Å². The molecule has 0 fully saturated rings. The average molecular weight is 354 g/mol. The highest BCUT2D eigenvalue weighted by Gasteiger charge is 2.26. The summed E-state index contributed by atoms with van der Waals surface area (Å²) in [6.07, 6.45) is 2.09. The Balaban J connectivity index is 1.47. The van der Waals surface area contributed by atoms with Gasteiger partial charge in [0.05, 0.1) is 0 Å². The third-order valence-corrected chi connectivity index (χ3v) is 6.64. The van der Waals surface area contributed by atoms with Crippen molar-refractivity contribution in [2.45, 2.75) is 12.8 Å². The lowest BCUT2D eigenvalue weighted by molar-refractivity contribution is 1.24. The quantitative estimate of drug-likeness (QED) is 0.272. The van der Waals surface area contributed by atoms with Crippen LogP contribution in [0.2, 0.25) is 0 Å². The smallest absolute Gasteiger partial charge is 0.00130 e. The van der Waals surface area contributed by atoms with Crippen LogP contribution in [0.3, 0.4) is 0 Å². The van der Waals surface area contributed by atoms with Crippen LogP contribution >= 0.6 is 0 Å². The number of fused-ring (bicyclic) bond motifs is 9. The first-order chi connectivity index (χ1) is 13.8. The van der Waals surface area contributed by atoms with Gasteiger partial charge in [-0.3, -0.25) is 0 Å². The maximum atomic E-state index is 2.48. The summed E-state index contributed by atoms with van der Waals surface area (Å²) in [5.74, 6) is 0. The monoisotopic (exact) mass is 354 g/mol. The zero-order chi connectivity index (χ0) is 18.2. The molecule has 5 aromatic carbocycles. The van der Waals surface area contributed by atoms with E-state index in [1.807, 2.05) is 0 Å². The minimum Gasteiger partial charge on any atom is -0.0616 e. The summed E-state index contributed by atoms with van der Waals surface area (Å²) < 4.78 is 0. The fourth-order valence-corrected chi connectivity index (χ4v) is 5.34. The van der Waals surface area contributed by atoms with E-state index in [0.717, 1.165) is 12.8 Å². The molecule has 0 atom stereocenters. The van der Waals surface area contributed by atoms with Gasteiger partial charge in [0, 0.05) is 0 Å². The van der Waals surface area contributed by atoms with Gasteiger partial charge in [-0.25, -0.2) is 0 Å². The molecule has 7 rings (SSSR count). The molecular weight excluding hydrogens is 336 g/mol. The second-order valence-corrected chi connectivity index (χ2v) is 8.20. The van der Waals surface area contributed by atoms with Crippen LogP contribution < -0.4 is 0 Å². The molecule has 130 valence electrons. The molecule has 0 saturated carbocycles. The van der Waals surface area contributed by atoms with Crippen LogP contribution in [-0.4, -0.2) is 0 Å². The van der Waals surface area contributed by atoms with Crippen LogP contribution in [0.1, 0.15) is 22.3 Å². The predicted octanol–water partition coefficient (Wildman–Crippen LogP) is 7.14. The molecule has 5 aromatic rings. The number of hydrogen-bond donors (Lipinski definition) is 0. The molecule has 0 bridgehead atoms. The maximum Gasteiger partial charge on any atom is -0.00130 e. The van der Waals surface area contributed by atoms with Crippen molar-refractivity contribution in [1.29, 1.82) is 0 Å². The van der Waals surface area contributed by atoms with E-state index in [0.29, 0.717) is 0 Å². The van der Waals surface area contributed by atoms with E-state index in [2.05, 4.69) is 84.9 Å². The summed E-state index contributed by atoms with van der Waals surface area (Å²) in [5, 5.41) is 5.41. The van der Waals surface area contributed by atoms with E-state index in [1.54, 1.807) is 0 Å². The summed E-state index contributed by atoms with van der Waals surface area (Å²) >= 11 is 0. The van der Waals surface area contributed by atoms with E-state index in [-0.39, 0.29) is 0 Å². The third kappa shape index (κ3) is 1.85. The Morgan fingerprint density at radius 1 is 0.429 bits per heavy atom. The fourth-order valence-electron chi connectivity index (χ4n) is 5.34. The minimum absolute atomic E-state index is 1.04. The molecule has 0 radical (unpaired) electrons. The van der Waals surface area contributed by atoms with E-state index >= 15 is 0 Å². The molecule has 0 aliphatic heterocycles. The van der Waals surface area contributed by atoms with Crippen LogP contribution in [0.15, 0.2) is 84.9 Å². The van der Waals surface area contributed by atoms with Crippen molar-refractivity contribution in [3.05, 3.63) is 107 Å². The summed E-state index contributed by atoms with van der Waals surface area (Å²) in [4.78, 5) is 0. The van der Waals surface area contributed by atoms with Crippen LogP contribution in [0.4, 0.5) is 0 Å². The number of hydrogen-bond acceptors (Lipinski definition) is 0. The molecule has 0 nitrogen and oxygen atoms in total. The van der Waals surface area contributed by atoms with Gasteiger partial charge in [-0.05, 0) is 97.1 Å². The van der Waals surface area contributed by atoms with Gasteiger partial charge in [-0.1, -0.05) is 66.7 Å². The van der Waals surface area contributed by atoms with Crippen molar-refractivity contribution in [3.8, 4) is 22.3 Å². The minimum atomic E-state index is 1.04. The van der Waals surface area contributed by atoms with Gasteiger partial charge >= 0.3 is 0 Å². The van der Waals surface area contributed by atoms with Crippen LogP contribution in [0.5, 0.6) is 0 Å². The Bertz CT molecular complexity index is 1450. The molecule has 0 N–H and O–H groups in total. The van der Waals surface area contributed by atoms with E-state index in [4.69, 9.17) is 0 Å². The molecular formula is C28H18. The van der Waals surface area contributed by atoms with Gasteiger partial charge in [0.1, 0.15) is 0 Å². The highest BCUT2D eigenvalue weighted by Crippen LogP contribution is 2.47. The Morgan fingerprint density at radius 2 is 1.04 bits per heavy atom. The van der Waals surface area contributed by atoms with E-state index in [1.165, 1.54) is 66.1 Å². The zero-order valence-electron chi connectivity index (χ0n) is 15.5. The summed E-state index contributed by atoms with van der Waals surface area (Å²) in [7, 11) is 0. The van der Waals surface area contributed by atoms with Gasteiger partial charge in [0.15, 0.2) is 0 Å². The first-order valence-electron chi connectivity index (χ1n) is 10.0. The largest absolute Gasteiger partial charge is 0.0616 e. The lowest BCUT2D eigenvalue weighted by atomic mass is 9.95. The molecule has 0 unspecified atom stereocenters. The summed E-state index contributed by atoms with van der Waals surface area (Å²) in [6.45, 7) is 0. The highest BCUT2D eigenvalue weighted by molar-refractivity contribution is 6.02. The topological polar surface area (TPSA) is 0 Å². The zero-order valence-corrected chi connectivity index (χ0v) is 15.5. The highest BCUT2D eigenvalue weighted by atomic mass is 14.3. The van der Waals surface area contributed by atoms with Crippen molar-refractivity contribution in [3.63, 3.8) is 0 Å². The molecule has 0 heterocycles. The molecule has 28 heavy (non-hydrogen) atoms. The Hall–Kier alpha value is -3.38. The average Bonchev–Trinajstić information content (AvgIpc) is 3.27. The normalized spacial score (nSPS) is 13.4. The first kappa shape index (κ1) is 14.6. The fraction of sp³-hybridized carbons (Fsp3) is 0.0714. The standard InChI is InChI=1S/C28H18/c1-2-7-19-14-25-21(11-18(19)6-1)13-22-16-27-23(15-26(22)25)12-20-10-9-17-5-3-4-8-24(17)28(20)27/h1-11,14-16H,12-13H2. The van der Waals surface area contributed by atoms with Gasteiger partial charge < -0.3 is 0 Å². The Kier molecular flexibility index (Phi) is 2.67. The predicted molar refractivity (Wildman–Crippen MR) is 118 cm³/mol. The van der Waals surface area contributed by atoms with Crippen molar-refractivity contribution < 1.29 is 0 Å². The molecule has 0 aromatic heterocycles. The van der Waals surface area contributed by atoms with Crippen molar-refractivity contribution in [2.75, 3.05) is 0 Å². The molecule has 0 heteroatoms. The summed E-state index contributed by atoms with van der Waals surface area (Å²) in [5.41, 5.74) is 11.7. The van der Waals surface area contributed by atoms with Gasteiger partial charge in [-0.2, -0.15) is 0 Å². The lowest BCUT2D eigenvalue weighted by Gasteiger charge is -2.09. The van der Waals surface area contributed by atoms with Crippen LogP contribution in [0, 0.1) is 0 Å². The van der Waals surface area contributed by atoms with Crippen molar-refractivity contribution in [1.82, 2.24) is 0 Å². The van der Waals surface area contributed by atoms with E-state index in [9.17, 15) is 0 Å². The number of benzene rings is 5. The van der Waals surface area contributed by atoms with Crippen LogP contribution in [-0.2, 0) is 12.8 Å². The number of rotatable bonds is 0. The van der Waals surface area contributed by atoms with Crippen LogP contribution in [0.25, 0.3) is 43.8 Å². The molecule has 0 spiro atoms. The molecule has 2 aliphatic carbocycles. The second-order valence-electron chi connectivity index (χ2n) is 8.20. The van der Waals surface area contributed by atoms with E-state index < -0.39 is 0 Å².